The highest BCUT2D eigenvalue weighted by atomic mass is 28.4. The van der Waals surface area contributed by atoms with E-state index < -0.39 is 38.0 Å². The van der Waals surface area contributed by atoms with Gasteiger partial charge in [0.2, 0.25) is 0 Å². The molecule has 0 heterocycles. The molecule has 0 radical (unpaired) electrons. The van der Waals surface area contributed by atoms with Crippen LogP contribution in [0.3, 0.4) is 0 Å². The first kappa shape index (κ1) is 38.0. The maximum absolute atomic E-state index is 13.7. The minimum atomic E-state index is -2.35. The normalized spacial score (nSPS) is 18.9. The van der Waals surface area contributed by atoms with Crippen LogP contribution < -0.4 is 4.74 Å². The second-order valence-electron chi connectivity index (χ2n) is 13.7. The molecule has 42 heavy (non-hydrogen) atoms. The number of methoxy groups -OCH3 is 1. The van der Waals surface area contributed by atoms with Crippen molar-refractivity contribution in [3.63, 3.8) is 0 Å². The van der Waals surface area contributed by atoms with Gasteiger partial charge in [-0.2, -0.15) is 0 Å². The number of rotatable bonds is 18. The van der Waals surface area contributed by atoms with E-state index in [1.54, 1.807) is 14.0 Å². The lowest BCUT2D eigenvalue weighted by Crippen LogP contribution is -2.52. The van der Waals surface area contributed by atoms with Crippen molar-refractivity contribution in [2.45, 2.75) is 124 Å². The van der Waals surface area contributed by atoms with Crippen molar-refractivity contribution in [2.24, 2.45) is 23.7 Å². The number of hydrogen-bond donors (Lipinski definition) is 1. The van der Waals surface area contributed by atoms with Crippen molar-refractivity contribution < 1.29 is 33.3 Å². The van der Waals surface area contributed by atoms with Gasteiger partial charge < -0.3 is 28.5 Å². The number of aliphatic hydroxyl groups is 1. The zero-order valence-corrected chi connectivity index (χ0v) is 29.2. The van der Waals surface area contributed by atoms with Gasteiger partial charge in [0, 0.05) is 11.8 Å². The zero-order valence-electron chi connectivity index (χ0n) is 28.2. The van der Waals surface area contributed by atoms with Gasteiger partial charge in [0.25, 0.3) is 0 Å². The van der Waals surface area contributed by atoms with E-state index in [0.717, 1.165) is 17.6 Å². The Labute approximate surface area is 256 Å². The fraction of sp³-hybridized carbons (Fsp3) is 0.706. The molecule has 240 valence electrons. The Morgan fingerprint density at radius 1 is 1.05 bits per heavy atom. The number of carbonyl (C=O) groups excluding carboxylic acids is 2. The summed E-state index contributed by atoms with van der Waals surface area (Å²) in [7, 11) is -0.713. The smallest absolute Gasteiger partial charge is 0.311 e. The molecule has 8 heteroatoms. The van der Waals surface area contributed by atoms with Gasteiger partial charge >= 0.3 is 5.97 Å². The van der Waals surface area contributed by atoms with Gasteiger partial charge in [-0.3, -0.25) is 4.79 Å². The number of hydrogen-bond acceptors (Lipinski definition) is 7. The lowest BCUT2D eigenvalue weighted by Gasteiger charge is -2.45. The highest BCUT2D eigenvalue weighted by molar-refractivity contribution is 6.74. The van der Waals surface area contributed by atoms with Crippen molar-refractivity contribution in [3.05, 3.63) is 42.5 Å². The van der Waals surface area contributed by atoms with Gasteiger partial charge in [-0.15, -0.1) is 6.58 Å². The Kier molecular flexibility index (Phi) is 14.6. The maximum Gasteiger partial charge on any atom is 0.311 e. The largest absolute Gasteiger partial charge is 0.497 e. The van der Waals surface area contributed by atoms with Crippen LogP contribution in [0.25, 0.3) is 0 Å². The molecular formula is C34H58O7Si. The number of ether oxygens (including phenoxy) is 3. The molecule has 0 saturated carbocycles. The molecule has 0 aliphatic heterocycles. The molecule has 1 rings (SSSR count). The van der Waals surface area contributed by atoms with E-state index in [9.17, 15) is 14.7 Å². The van der Waals surface area contributed by atoms with Crippen molar-refractivity contribution >= 4 is 20.6 Å². The number of benzene rings is 1. The molecule has 1 N–H and O–H groups in total. The van der Waals surface area contributed by atoms with Crippen molar-refractivity contribution in [1.82, 2.24) is 0 Å². The Bertz CT molecular complexity index is 983. The molecule has 8 atom stereocenters. The fourth-order valence-corrected chi connectivity index (χ4v) is 6.47. The summed E-state index contributed by atoms with van der Waals surface area (Å²) in [4.78, 5) is 25.3. The summed E-state index contributed by atoms with van der Waals surface area (Å²) in [5.74, 6) is -0.625. The van der Waals surface area contributed by atoms with Gasteiger partial charge in [-0.25, -0.2) is 0 Å². The summed E-state index contributed by atoms with van der Waals surface area (Å²) >= 11 is 0. The predicted molar refractivity (Wildman–Crippen MR) is 172 cm³/mol. The molecule has 0 aliphatic carbocycles. The lowest BCUT2D eigenvalue weighted by atomic mass is 9.81. The van der Waals surface area contributed by atoms with E-state index in [0.29, 0.717) is 19.4 Å². The van der Waals surface area contributed by atoms with E-state index in [-0.39, 0.29) is 28.9 Å². The summed E-state index contributed by atoms with van der Waals surface area (Å²) < 4.78 is 24.8. The number of aldehydes is 1. The quantitative estimate of drug-likeness (QED) is 0.0808. The molecule has 7 nitrogen and oxygen atoms in total. The second-order valence-corrected chi connectivity index (χ2v) is 18.5. The molecule has 0 fully saturated rings. The van der Waals surface area contributed by atoms with E-state index in [4.69, 9.17) is 18.6 Å². The summed E-state index contributed by atoms with van der Waals surface area (Å²) in [5, 5.41) is 10.7. The van der Waals surface area contributed by atoms with Gasteiger partial charge in [0.1, 0.15) is 23.7 Å². The first-order valence-electron chi connectivity index (χ1n) is 15.3. The monoisotopic (exact) mass is 606 g/mol. The highest BCUT2D eigenvalue weighted by Crippen LogP contribution is 2.41. The summed E-state index contributed by atoms with van der Waals surface area (Å²) in [6.45, 7) is 26.3. The zero-order chi connectivity index (χ0) is 32.5. The lowest BCUT2D eigenvalue weighted by molar-refractivity contribution is -0.170. The third-order valence-corrected chi connectivity index (χ3v) is 13.4. The van der Waals surface area contributed by atoms with E-state index in [1.165, 1.54) is 6.08 Å². The molecule has 1 aromatic carbocycles. The van der Waals surface area contributed by atoms with Crippen LogP contribution in [0.2, 0.25) is 18.1 Å². The van der Waals surface area contributed by atoms with E-state index >= 15 is 0 Å². The van der Waals surface area contributed by atoms with Gasteiger partial charge in [0.15, 0.2) is 8.32 Å². The second kappa shape index (κ2) is 16.2. The van der Waals surface area contributed by atoms with Crippen LogP contribution in [-0.2, 0) is 30.1 Å². The van der Waals surface area contributed by atoms with Crippen LogP contribution in [0, 0.1) is 23.7 Å². The first-order valence-corrected chi connectivity index (χ1v) is 18.2. The van der Waals surface area contributed by atoms with Crippen molar-refractivity contribution in [2.75, 3.05) is 7.11 Å². The molecule has 0 saturated heterocycles. The molecule has 0 aliphatic rings. The Morgan fingerprint density at radius 2 is 1.62 bits per heavy atom. The summed E-state index contributed by atoms with van der Waals surface area (Å²) in [5.41, 5.74) is -0.356. The van der Waals surface area contributed by atoms with Crippen LogP contribution in [0.1, 0.15) is 80.7 Å². The summed E-state index contributed by atoms with van der Waals surface area (Å²) in [6, 6.07) is 7.75. The third-order valence-electron chi connectivity index (χ3n) is 8.97. The van der Waals surface area contributed by atoms with Crippen LogP contribution in [0.4, 0.5) is 0 Å². The molecule has 1 aromatic rings. The Balaban J connectivity index is 3.48. The van der Waals surface area contributed by atoms with Crippen LogP contribution in [0.5, 0.6) is 5.75 Å². The predicted octanol–water partition coefficient (Wildman–Crippen LogP) is 7.36. The maximum atomic E-state index is 13.7. The van der Waals surface area contributed by atoms with Crippen LogP contribution >= 0.6 is 0 Å². The van der Waals surface area contributed by atoms with Gasteiger partial charge in [-0.1, -0.05) is 66.7 Å². The molecule has 0 spiro atoms. The standard InChI is InChI=1S/C34H58O7Si/c1-14-29(34(10,37)15-2)40-32(36)26(6)31(41-42(12,13)33(7,8)9)25(5)30(24(4)20-23(3)21-35)39-22-27-16-18-28(38-11)19-17-27/h15-19,21,23-26,29-31,37H,2,14,20,22H2,1,3-13H3/t23-,24+,25-,26-,29-,30+,31+,34+/m1/s1. The molecule has 0 aromatic heterocycles. The first-order chi connectivity index (χ1) is 19.3. The molecule has 0 bridgehead atoms. The molecule has 0 amide bonds. The minimum absolute atomic E-state index is 0.0112. The van der Waals surface area contributed by atoms with Crippen molar-refractivity contribution in [3.8, 4) is 5.75 Å². The minimum Gasteiger partial charge on any atom is -0.497 e. The van der Waals surface area contributed by atoms with Crippen LogP contribution in [0.15, 0.2) is 36.9 Å². The fourth-order valence-electron chi connectivity index (χ4n) is 5.02. The Hall–Kier alpha value is -2.00. The van der Waals surface area contributed by atoms with Gasteiger partial charge in [0.05, 0.1) is 31.8 Å². The third kappa shape index (κ3) is 10.6. The SMILES string of the molecule is C=C[C@](C)(O)[C@@H](CC)OC(=O)[C@H](C)[C@@H](O[Si](C)(C)C(C)(C)C)[C@H](C)[C@@H](OCc1ccc(OC)cc1)[C@@H](C)C[C@@H](C)C=O. The average Bonchev–Trinajstić information content (AvgIpc) is 2.93. The van der Waals surface area contributed by atoms with Gasteiger partial charge in [-0.05, 0) is 68.4 Å². The van der Waals surface area contributed by atoms with Crippen LogP contribution in [-0.4, -0.2) is 56.7 Å². The highest BCUT2D eigenvalue weighted by Gasteiger charge is 2.46. The number of carbonyl (C=O) groups is 2. The summed E-state index contributed by atoms with van der Waals surface area (Å²) in [6.07, 6.45) is 1.91. The van der Waals surface area contributed by atoms with E-state index in [2.05, 4.69) is 54.3 Å². The number of esters is 1. The van der Waals surface area contributed by atoms with Crippen molar-refractivity contribution in [1.29, 1.82) is 0 Å². The Morgan fingerprint density at radius 3 is 2.07 bits per heavy atom. The molecule has 0 unspecified atom stereocenters. The average molecular weight is 607 g/mol. The van der Waals surface area contributed by atoms with E-state index in [1.807, 2.05) is 45.0 Å². The topological polar surface area (TPSA) is 91.3 Å². The molecular weight excluding hydrogens is 548 g/mol.